The normalized spacial score (nSPS) is 14.2. The lowest BCUT2D eigenvalue weighted by molar-refractivity contribution is 0.715. The van der Waals surface area contributed by atoms with E-state index in [1.165, 1.54) is 61.2 Å². The first-order valence-electron chi connectivity index (χ1n) is 17.5. The quantitative estimate of drug-likeness (QED) is 0.162. The van der Waals surface area contributed by atoms with Gasteiger partial charge >= 0.3 is 0 Å². The molecule has 0 radical (unpaired) electrons. The van der Waals surface area contributed by atoms with Crippen LogP contribution < -0.4 is 9.80 Å². The molecule has 0 saturated heterocycles. The zero-order chi connectivity index (χ0) is 33.9. The molecule has 242 valence electrons. The van der Waals surface area contributed by atoms with Crippen molar-refractivity contribution in [3.05, 3.63) is 199 Å². The molecule has 0 aliphatic heterocycles. The maximum absolute atomic E-state index is 2.45. The van der Waals surface area contributed by atoms with Crippen molar-refractivity contribution >= 4 is 39.1 Å². The van der Waals surface area contributed by atoms with Crippen molar-refractivity contribution in [1.82, 2.24) is 0 Å². The van der Waals surface area contributed by atoms with E-state index in [2.05, 4.69) is 212 Å². The summed E-state index contributed by atoms with van der Waals surface area (Å²) in [6.45, 7) is 2.35. The van der Waals surface area contributed by atoms with Crippen LogP contribution in [0.5, 0.6) is 0 Å². The van der Waals surface area contributed by atoms with Gasteiger partial charge in [-0.2, -0.15) is 0 Å². The zero-order valence-corrected chi connectivity index (χ0v) is 28.6. The van der Waals surface area contributed by atoms with Crippen molar-refractivity contribution in [3.63, 3.8) is 0 Å². The first kappa shape index (κ1) is 31.2. The first-order chi connectivity index (χ1) is 24.6. The maximum Gasteiger partial charge on any atom is 0.0464 e. The molecular weight excluding hydrogens is 605 g/mol. The molecule has 0 N–H and O–H groups in total. The largest absolute Gasteiger partial charge is 0.345 e. The van der Waals surface area contributed by atoms with Gasteiger partial charge in [-0.15, -0.1) is 0 Å². The Bertz CT molecular complexity index is 2230. The molecule has 0 fully saturated rings. The Hall–Kier alpha value is -6.12. The molecule has 0 saturated carbocycles. The highest BCUT2D eigenvalue weighted by molar-refractivity contribution is 5.87. The molecule has 1 aliphatic rings. The highest BCUT2D eigenvalue weighted by Gasteiger charge is 2.23. The molecule has 0 heterocycles. The van der Waals surface area contributed by atoms with Crippen molar-refractivity contribution in [2.45, 2.75) is 13.3 Å². The molecule has 0 aromatic heterocycles. The van der Waals surface area contributed by atoms with Crippen LogP contribution in [0.3, 0.4) is 0 Å². The second kappa shape index (κ2) is 13.8. The molecule has 8 rings (SSSR count). The third kappa shape index (κ3) is 6.36. The van der Waals surface area contributed by atoms with Gasteiger partial charge < -0.3 is 9.80 Å². The van der Waals surface area contributed by atoms with Gasteiger partial charge in [0.05, 0.1) is 0 Å². The average molecular weight is 645 g/mol. The van der Waals surface area contributed by atoms with Crippen molar-refractivity contribution < 1.29 is 0 Å². The molecule has 0 bridgehead atoms. The van der Waals surface area contributed by atoms with Crippen molar-refractivity contribution in [1.29, 1.82) is 0 Å². The first-order valence-corrected chi connectivity index (χ1v) is 17.5. The number of benzene rings is 7. The number of hydrogen-bond acceptors (Lipinski definition) is 2. The Kier molecular flexibility index (Phi) is 8.59. The molecule has 0 amide bonds. The van der Waals surface area contributed by atoms with E-state index in [9.17, 15) is 0 Å². The van der Waals surface area contributed by atoms with E-state index >= 15 is 0 Å². The summed E-state index contributed by atoms with van der Waals surface area (Å²) in [6.07, 6.45) is 5.59. The minimum absolute atomic E-state index is 0.344. The SMILES string of the molecule is CC1CC(N(c2cccc(-c3ccccc3)c2)c2cccc(-c3ccccc3)c2)=CC=C1c1ccc(N(C)c2ccc3ccccc3c2)cc1. The highest BCUT2D eigenvalue weighted by atomic mass is 15.1. The monoisotopic (exact) mass is 644 g/mol. The molecule has 1 atom stereocenters. The summed E-state index contributed by atoms with van der Waals surface area (Å²) in [7, 11) is 2.14. The van der Waals surface area contributed by atoms with Crippen molar-refractivity contribution in [2.24, 2.45) is 5.92 Å². The fourth-order valence-electron chi connectivity index (χ4n) is 7.19. The van der Waals surface area contributed by atoms with E-state index in [-0.39, 0.29) is 0 Å². The van der Waals surface area contributed by atoms with E-state index in [1.54, 1.807) is 0 Å². The number of allylic oxidation sites excluding steroid dienone is 4. The smallest absolute Gasteiger partial charge is 0.0464 e. The van der Waals surface area contributed by atoms with Gasteiger partial charge in [0, 0.05) is 35.5 Å². The van der Waals surface area contributed by atoms with Crippen LogP contribution >= 0.6 is 0 Å². The van der Waals surface area contributed by atoms with Crippen LogP contribution in [0.15, 0.2) is 194 Å². The number of rotatable bonds is 8. The van der Waals surface area contributed by atoms with E-state index in [0.29, 0.717) is 5.92 Å². The Morgan fingerprint density at radius 3 is 1.56 bits per heavy atom. The van der Waals surface area contributed by atoms with Gasteiger partial charge in [-0.25, -0.2) is 0 Å². The van der Waals surface area contributed by atoms with Crippen LogP contribution in [0, 0.1) is 5.92 Å². The highest BCUT2D eigenvalue weighted by Crippen LogP contribution is 2.41. The van der Waals surface area contributed by atoms with Crippen LogP contribution in [0.4, 0.5) is 22.7 Å². The lowest BCUT2D eigenvalue weighted by Gasteiger charge is -2.33. The molecule has 1 aliphatic carbocycles. The lowest BCUT2D eigenvalue weighted by Crippen LogP contribution is -2.20. The third-order valence-electron chi connectivity index (χ3n) is 9.92. The van der Waals surface area contributed by atoms with Gasteiger partial charge in [-0.1, -0.05) is 140 Å². The van der Waals surface area contributed by atoms with Gasteiger partial charge in [0.15, 0.2) is 0 Å². The molecule has 1 unspecified atom stereocenters. The van der Waals surface area contributed by atoms with Crippen LogP contribution in [0.2, 0.25) is 0 Å². The summed E-state index contributed by atoms with van der Waals surface area (Å²) in [5, 5.41) is 2.52. The van der Waals surface area contributed by atoms with E-state index in [1.807, 2.05) is 0 Å². The Balaban J connectivity index is 1.13. The number of fused-ring (bicyclic) bond motifs is 1. The molecule has 2 nitrogen and oxygen atoms in total. The second-order valence-corrected chi connectivity index (χ2v) is 13.2. The van der Waals surface area contributed by atoms with Crippen LogP contribution in [0.25, 0.3) is 38.6 Å². The molecular formula is C48H40N2. The summed E-state index contributed by atoms with van der Waals surface area (Å²) in [4.78, 5) is 4.71. The van der Waals surface area contributed by atoms with Gasteiger partial charge in [-0.3, -0.25) is 0 Å². The maximum atomic E-state index is 2.45. The summed E-state index contributed by atoms with van der Waals surface area (Å²) < 4.78 is 0. The summed E-state index contributed by atoms with van der Waals surface area (Å²) in [6, 6.07) is 63.4. The molecule has 7 aromatic carbocycles. The lowest BCUT2D eigenvalue weighted by atomic mass is 9.86. The number of nitrogens with zero attached hydrogens (tertiary/aromatic N) is 2. The fraction of sp³-hybridized carbons (Fsp3) is 0.0833. The van der Waals surface area contributed by atoms with Crippen LogP contribution in [-0.2, 0) is 0 Å². The van der Waals surface area contributed by atoms with Crippen molar-refractivity contribution in [3.8, 4) is 22.3 Å². The standard InChI is InChI=1S/C48H40N2/c1-35-31-47(29-30-48(35)39-24-26-43(27-25-39)49(2)44-28-23-38-17-9-10-18-40(38)32-44)50(45-21-11-19-41(33-45)36-13-5-3-6-14-36)46-22-12-20-42(34-46)37-15-7-4-8-16-37/h3-30,32-35H,31H2,1-2H3. The summed E-state index contributed by atoms with van der Waals surface area (Å²) in [5.74, 6) is 0.344. The Labute approximate surface area is 295 Å². The van der Waals surface area contributed by atoms with E-state index in [0.717, 1.165) is 17.8 Å². The summed E-state index contributed by atoms with van der Waals surface area (Å²) in [5.41, 5.74) is 13.4. The van der Waals surface area contributed by atoms with Crippen LogP contribution in [0.1, 0.15) is 18.9 Å². The zero-order valence-electron chi connectivity index (χ0n) is 28.6. The Morgan fingerprint density at radius 2 is 0.960 bits per heavy atom. The fourth-order valence-corrected chi connectivity index (χ4v) is 7.19. The van der Waals surface area contributed by atoms with Gasteiger partial charge in [0.25, 0.3) is 0 Å². The Morgan fingerprint density at radius 1 is 0.420 bits per heavy atom. The topological polar surface area (TPSA) is 6.48 Å². The molecule has 50 heavy (non-hydrogen) atoms. The van der Waals surface area contributed by atoms with E-state index < -0.39 is 0 Å². The molecule has 2 heteroatoms. The minimum atomic E-state index is 0.344. The van der Waals surface area contributed by atoms with Gasteiger partial charge in [0.2, 0.25) is 0 Å². The second-order valence-electron chi connectivity index (χ2n) is 13.2. The number of hydrogen-bond donors (Lipinski definition) is 0. The van der Waals surface area contributed by atoms with Gasteiger partial charge in [0.1, 0.15) is 0 Å². The number of anilines is 4. The average Bonchev–Trinajstić information content (AvgIpc) is 3.19. The predicted octanol–water partition coefficient (Wildman–Crippen LogP) is 13.1. The molecule has 0 spiro atoms. The third-order valence-corrected chi connectivity index (χ3v) is 9.92. The van der Waals surface area contributed by atoms with E-state index in [4.69, 9.17) is 0 Å². The van der Waals surface area contributed by atoms with Gasteiger partial charge in [-0.05, 0) is 111 Å². The predicted molar refractivity (Wildman–Crippen MR) is 214 cm³/mol. The minimum Gasteiger partial charge on any atom is -0.345 e. The summed E-state index contributed by atoms with van der Waals surface area (Å²) >= 11 is 0. The van der Waals surface area contributed by atoms with Crippen LogP contribution in [-0.4, -0.2) is 7.05 Å². The molecule has 7 aromatic rings. The van der Waals surface area contributed by atoms with Crippen molar-refractivity contribution in [2.75, 3.05) is 16.8 Å².